The molecule has 3 amide bonds. The molecule has 3 aromatic carbocycles. The van der Waals surface area contributed by atoms with E-state index < -0.39 is 15.9 Å². The van der Waals surface area contributed by atoms with Crippen molar-refractivity contribution in [3.63, 3.8) is 0 Å². The molecule has 11 nitrogen and oxygen atoms in total. The molecule has 2 aliphatic heterocycles. The van der Waals surface area contributed by atoms with Crippen LogP contribution in [-0.4, -0.2) is 93.2 Å². The Kier molecular flexibility index (Phi) is 11.1. The monoisotopic (exact) mass is 687 g/mol. The molecule has 244 valence electrons. The second-order valence-electron chi connectivity index (χ2n) is 11.0. The lowest BCUT2D eigenvalue weighted by atomic mass is 10.1. The minimum Gasteiger partial charge on any atom is -0.363 e. The third-order valence-corrected chi connectivity index (χ3v) is 9.99. The molecular weight excluding hydrogens is 653 g/mol. The Hall–Kier alpha value is -3.84. The van der Waals surface area contributed by atoms with E-state index in [9.17, 15) is 22.8 Å². The average molecular weight is 689 g/mol. The van der Waals surface area contributed by atoms with Crippen molar-refractivity contribution in [2.45, 2.75) is 24.2 Å². The van der Waals surface area contributed by atoms with Crippen molar-refractivity contribution in [1.82, 2.24) is 20.0 Å². The SMILES string of the molecule is O=C(NCC(=O)N1CCN(CC(=O)N2CCCCC2)CC1)c1ccc(S(=O)(=O)N(Oc2ccc(Cl)cc2Cl)c2ccccc2)cc1. The lowest BCUT2D eigenvalue weighted by Gasteiger charge is -2.36. The predicted octanol–water partition coefficient (Wildman–Crippen LogP) is 4.07. The number of hydrogen-bond acceptors (Lipinski definition) is 7. The largest absolute Gasteiger partial charge is 0.363 e. The van der Waals surface area contributed by atoms with Crippen LogP contribution in [-0.2, 0) is 19.6 Å². The Balaban J connectivity index is 1.16. The highest BCUT2D eigenvalue weighted by Crippen LogP contribution is 2.32. The maximum absolute atomic E-state index is 13.7. The number of carbonyl (C=O) groups excluding carboxylic acids is 3. The molecule has 14 heteroatoms. The van der Waals surface area contributed by atoms with Crippen molar-refractivity contribution in [3.8, 4) is 5.75 Å². The standard InChI is InChI=1S/C32H35Cl2N5O6S/c33-25-11-14-29(28(34)21-25)45-39(26-7-3-1-4-8-26)46(43,44)27-12-9-24(10-13-27)32(42)35-22-30(40)38-19-17-36(18-20-38)23-31(41)37-15-5-2-6-16-37/h1,3-4,7-14,21H,2,5-6,15-20,22-23H2,(H,35,42). The van der Waals surface area contributed by atoms with Crippen LogP contribution in [0, 0.1) is 0 Å². The molecule has 5 rings (SSSR count). The van der Waals surface area contributed by atoms with Crippen molar-refractivity contribution in [2.75, 3.05) is 56.8 Å². The zero-order chi connectivity index (χ0) is 32.7. The highest BCUT2D eigenvalue weighted by atomic mass is 35.5. The highest BCUT2D eigenvalue weighted by molar-refractivity contribution is 7.92. The summed E-state index contributed by atoms with van der Waals surface area (Å²) in [5, 5.41) is 3.10. The number of likely N-dealkylation sites (tertiary alicyclic amines) is 1. The molecule has 0 spiro atoms. The summed E-state index contributed by atoms with van der Waals surface area (Å²) in [6.07, 6.45) is 3.26. The first-order chi connectivity index (χ1) is 22.1. The normalized spacial score (nSPS) is 15.7. The van der Waals surface area contributed by atoms with E-state index >= 15 is 0 Å². The number of carbonyl (C=O) groups is 3. The topological polar surface area (TPSA) is 120 Å². The first-order valence-corrected chi connectivity index (χ1v) is 17.2. The molecule has 3 aromatic rings. The molecule has 2 heterocycles. The van der Waals surface area contributed by atoms with E-state index in [0.29, 0.717) is 37.7 Å². The van der Waals surface area contributed by atoms with Gasteiger partial charge in [-0.2, -0.15) is 8.42 Å². The van der Waals surface area contributed by atoms with Crippen LogP contribution in [0.25, 0.3) is 0 Å². The molecule has 0 saturated carbocycles. The van der Waals surface area contributed by atoms with E-state index in [1.165, 1.54) is 48.9 Å². The number of nitrogens with zero attached hydrogens (tertiary/aromatic N) is 4. The number of benzene rings is 3. The smallest absolute Gasteiger partial charge is 0.295 e. The molecule has 2 fully saturated rings. The fraction of sp³-hybridized carbons (Fsp3) is 0.344. The van der Waals surface area contributed by atoms with Gasteiger partial charge >= 0.3 is 0 Å². The number of piperidine rings is 1. The maximum Gasteiger partial charge on any atom is 0.295 e. The van der Waals surface area contributed by atoms with Crippen LogP contribution in [0.5, 0.6) is 5.75 Å². The maximum atomic E-state index is 13.7. The van der Waals surface area contributed by atoms with E-state index in [1.807, 2.05) is 4.90 Å². The first-order valence-electron chi connectivity index (χ1n) is 15.0. The van der Waals surface area contributed by atoms with Gasteiger partial charge in [0.15, 0.2) is 5.75 Å². The molecule has 0 unspecified atom stereocenters. The number of para-hydroxylation sites is 1. The van der Waals surface area contributed by atoms with Gasteiger partial charge in [0.05, 0.1) is 28.7 Å². The van der Waals surface area contributed by atoms with Crippen LogP contribution in [0.1, 0.15) is 29.6 Å². The lowest BCUT2D eigenvalue weighted by molar-refractivity contribution is -0.135. The molecular formula is C32H35Cl2N5O6S. The van der Waals surface area contributed by atoms with Crippen LogP contribution in [0.2, 0.25) is 10.0 Å². The molecule has 46 heavy (non-hydrogen) atoms. The fourth-order valence-electron chi connectivity index (χ4n) is 5.26. The number of piperazine rings is 1. The zero-order valence-electron chi connectivity index (χ0n) is 25.1. The van der Waals surface area contributed by atoms with Crippen LogP contribution in [0.3, 0.4) is 0 Å². The van der Waals surface area contributed by atoms with Gasteiger partial charge in [0.2, 0.25) is 11.8 Å². The van der Waals surface area contributed by atoms with Gasteiger partial charge in [-0.05, 0) is 73.9 Å². The summed E-state index contributed by atoms with van der Waals surface area (Å²) < 4.78 is 28.2. The average Bonchev–Trinajstić information content (AvgIpc) is 3.07. The van der Waals surface area contributed by atoms with Crippen molar-refractivity contribution in [3.05, 3.63) is 88.4 Å². The van der Waals surface area contributed by atoms with Crippen LogP contribution < -0.4 is 14.6 Å². The summed E-state index contributed by atoms with van der Waals surface area (Å²) in [6.45, 7) is 3.89. The predicted molar refractivity (Wildman–Crippen MR) is 175 cm³/mol. The number of rotatable bonds is 10. The Morgan fingerprint density at radius 3 is 2.09 bits per heavy atom. The Morgan fingerprint density at radius 1 is 0.783 bits per heavy atom. The van der Waals surface area contributed by atoms with Crippen molar-refractivity contribution in [2.24, 2.45) is 0 Å². The lowest BCUT2D eigenvalue weighted by Crippen LogP contribution is -2.53. The zero-order valence-corrected chi connectivity index (χ0v) is 27.4. The van der Waals surface area contributed by atoms with Crippen LogP contribution in [0.4, 0.5) is 5.69 Å². The summed E-state index contributed by atoms with van der Waals surface area (Å²) in [5.41, 5.74) is 0.406. The van der Waals surface area contributed by atoms with Gasteiger partial charge in [0, 0.05) is 49.9 Å². The van der Waals surface area contributed by atoms with Crippen molar-refractivity contribution in [1.29, 1.82) is 0 Å². The molecule has 1 N–H and O–H groups in total. The molecule has 0 aromatic heterocycles. The number of sulfonamides is 1. The first kappa shape index (κ1) is 33.5. The number of halogens is 2. The molecule has 2 saturated heterocycles. The van der Waals surface area contributed by atoms with Crippen LogP contribution in [0.15, 0.2) is 77.7 Å². The van der Waals surface area contributed by atoms with Gasteiger partial charge in [-0.3, -0.25) is 19.3 Å². The molecule has 2 aliphatic rings. The summed E-state index contributed by atoms with van der Waals surface area (Å²) in [4.78, 5) is 49.5. The minimum absolute atomic E-state index is 0.0755. The van der Waals surface area contributed by atoms with E-state index in [1.54, 1.807) is 35.2 Å². The Bertz CT molecular complexity index is 1650. The van der Waals surface area contributed by atoms with E-state index in [2.05, 4.69) is 10.2 Å². The van der Waals surface area contributed by atoms with Gasteiger partial charge in [0.1, 0.15) is 0 Å². The molecule has 0 atom stereocenters. The van der Waals surface area contributed by atoms with Gasteiger partial charge in [-0.15, -0.1) is 0 Å². The summed E-state index contributed by atoms with van der Waals surface area (Å²) in [7, 11) is -4.28. The van der Waals surface area contributed by atoms with Crippen LogP contribution >= 0.6 is 23.2 Å². The van der Waals surface area contributed by atoms with Crippen molar-refractivity contribution < 1.29 is 27.6 Å². The van der Waals surface area contributed by atoms with E-state index in [0.717, 1.165) is 30.4 Å². The Labute approximate surface area is 278 Å². The molecule has 0 aliphatic carbocycles. The van der Waals surface area contributed by atoms with Gasteiger partial charge in [-0.1, -0.05) is 45.9 Å². The molecule has 0 bridgehead atoms. The number of anilines is 1. The summed E-state index contributed by atoms with van der Waals surface area (Å²) in [5.74, 6) is -0.540. The number of hydrogen-bond donors (Lipinski definition) is 1. The third kappa shape index (κ3) is 8.30. The van der Waals surface area contributed by atoms with Gasteiger partial charge in [0.25, 0.3) is 15.9 Å². The number of amides is 3. The van der Waals surface area contributed by atoms with Gasteiger partial charge in [-0.25, -0.2) is 0 Å². The van der Waals surface area contributed by atoms with Gasteiger partial charge < -0.3 is 20.0 Å². The van der Waals surface area contributed by atoms with E-state index in [4.69, 9.17) is 28.0 Å². The third-order valence-electron chi connectivity index (χ3n) is 7.87. The van der Waals surface area contributed by atoms with Crippen molar-refractivity contribution >= 4 is 56.6 Å². The number of nitrogens with one attached hydrogen (secondary N) is 1. The second-order valence-corrected chi connectivity index (χ2v) is 13.6. The molecule has 0 radical (unpaired) electrons. The van der Waals surface area contributed by atoms with E-state index in [-0.39, 0.29) is 45.3 Å². The minimum atomic E-state index is -4.28. The summed E-state index contributed by atoms with van der Waals surface area (Å²) >= 11 is 12.2. The fourth-order valence-corrected chi connectivity index (χ4v) is 6.95. The second kappa shape index (κ2) is 15.2. The summed E-state index contributed by atoms with van der Waals surface area (Å²) in [6, 6.07) is 17.9. The highest BCUT2D eigenvalue weighted by Gasteiger charge is 2.29. The quantitative estimate of drug-likeness (QED) is 0.319. The Morgan fingerprint density at radius 2 is 1.43 bits per heavy atom.